The Bertz CT molecular complexity index is 2130. The summed E-state index contributed by atoms with van der Waals surface area (Å²) in [5.74, 6) is 0.117. The van der Waals surface area contributed by atoms with Crippen LogP contribution in [0.2, 0.25) is 0 Å². The summed E-state index contributed by atoms with van der Waals surface area (Å²) in [6.07, 6.45) is 10.9. The van der Waals surface area contributed by atoms with Crippen LogP contribution in [-0.4, -0.2) is 148 Å². The van der Waals surface area contributed by atoms with E-state index >= 15 is 0 Å². The quantitative estimate of drug-likeness (QED) is 0.102. The summed E-state index contributed by atoms with van der Waals surface area (Å²) < 4.78 is 29.7. The van der Waals surface area contributed by atoms with Crippen LogP contribution in [0, 0.1) is 17.8 Å². The van der Waals surface area contributed by atoms with E-state index in [1.54, 1.807) is 23.8 Å². The SMILES string of the molecule is CC[C@@H](C)C(=O)N[C@H](C(=O)N1CCC[C@H]1C(=O)N[C@@H]1CCCc2c(OCCOCCOc3cccc4c3CCC[C@H]4NC(=O)[C@@H]3CCCN3C(=O)[C@@H](NC(=O)[C@H](C)NC)C3CCOCC3)cccc21)C1CCOCC1. The molecule has 4 heterocycles. The monoisotopic (exact) mass is 1040 g/mol. The van der Waals surface area contributed by atoms with E-state index in [2.05, 4.69) is 32.7 Å². The Labute approximate surface area is 443 Å². The van der Waals surface area contributed by atoms with Crippen LogP contribution in [0.1, 0.15) is 139 Å². The minimum atomic E-state index is -0.724. The highest BCUT2D eigenvalue weighted by Crippen LogP contribution is 2.38. The smallest absolute Gasteiger partial charge is 0.246 e. The van der Waals surface area contributed by atoms with E-state index in [0.717, 1.165) is 78.7 Å². The average molecular weight is 1040 g/mol. The molecule has 0 unspecified atom stereocenters. The Kier molecular flexibility index (Phi) is 20.2. The van der Waals surface area contributed by atoms with Crippen LogP contribution >= 0.6 is 0 Å². The number of likely N-dealkylation sites (tertiary alicyclic amines) is 2. The van der Waals surface area contributed by atoms with Crippen molar-refractivity contribution in [2.24, 2.45) is 17.8 Å². The number of hydrogen-bond acceptors (Lipinski definition) is 12. The third kappa shape index (κ3) is 13.8. The lowest BCUT2D eigenvalue weighted by atomic mass is 9.86. The van der Waals surface area contributed by atoms with E-state index < -0.39 is 30.2 Å². The number of likely N-dealkylation sites (N-methyl/N-ethyl adjacent to an activating group) is 1. The first-order valence-electron chi connectivity index (χ1n) is 28.2. The highest BCUT2D eigenvalue weighted by atomic mass is 16.5. The highest BCUT2D eigenvalue weighted by molar-refractivity contribution is 5.94. The van der Waals surface area contributed by atoms with E-state index in [1.807, 2.05) is 44.2 Å². The van der Waals surface area contributed by atoms with Gasteiger partial charge in [0.1, 0.15) is 48.9 Å². The zero-order valence-corrected chi connectivity index (χ0v) is 44.8. The zero-order chi connectivity index (χ0) is 52.8. The van der Waals surface area contributed by atoms with Gasteiger partial charge in [-0.15, -0.1) is 0 Å². The normalized spacial score (nSPS) is 23.7. The number of nitrogens with one attached hydrogen (secondary N) is 5. The van der Waals surface area contributed by atoms with Crippen LogP contribution in [0.25, 0.3) is 0 Å². The molecule has 18 heteroatoms. The lowest BCUT2D eigenvalue weighted by Gasteiger charge is -2.35. The van der Waals surface area contributed by atoms with Gasteiger partial charge < -0.3 is 60.1 Å². The molecule has 5 N–H and O–H groups in total. The van der Waals surface area contributed by atoms with Gasteiger partial charge in [0.2, 0.25) is 35.4 Å². The van der Waals surface area contributed by atoms with Crippen molar-refractivity contribution in [3.63, 3.8) is 0 Å². The summed E-state index contributed by atoms with van der Waals surface area (Å²) in [5, 5.41) is 15.7. The molecule has 4 aliphatic heterocycles. The Hall–Kier alpha value is -5.30. The van der Waals surface area contributed by atoms with Crippen molar-refractivity contribution in [1.29, 1.82) is 0 Å². The van der Waals surface area contributed by atoms with Crippen LogP contribution in [0.4, 0.5) is 0 Å². The van der Waals surface area contributed by atoms with E-state index in [-0.39, 0.29) is 65.3 Å². The molecule has 0 spiro atoms. The van der Waals surface area contributed by atoms with Crippen molar-refractivity contribution < 1.29 is 52.5 Å². The molecule has 2 aliphatic carbocycles. The van der Waals surface area contributed by atoms with E-state index in [0.29, 0.717) is 117 Å². The lowest BCUT2D eigenvalue weighted by molar-refractivity contribution is -0.144. The topological polar surface area (TPSA) is 215 Å². The fraction of sp³-hybridized carbons (Fsp3) is 0.684. The average Bonchev–Trinajstić information content (AvgIpc) is 4.15. The van der Waals surface area contributed by atoms with Crippen molar-refractivity contribution in [3.8, 4) is 11.5 Å². The van der Waals surface area contributed by atoms with Crippen molar-refractivity contribution in [2.45, 2.75) is 159 Å². The predicted molar refractivity (Wildman–Crippen MR) is 281 cm³/mol. The molecular formula is C57H83N7O11. The molecule has 75 heavy (non-hydrogen) atoms. The van der Waals surface area contributed by atoms with Crippen molar-refractivity contribution in [1.82, 2.24) is 36.4 Å². The van der Waals surface area contributed by atoms with Crippen LogP contribution in [0.3, 0.4) is 0 Å². The second-order valence-electron chi connectivity index (χ2n) is 21.4. The molecule has 0 bridgehead atoms. The minimum Gasteiger partial charge on any atom is -0.491 e. The van der Waals surface area contributed by atoms with Crippen LogP contribution in [0.15, 0.2) is 36.4 Å². The lowest BCUT2D eigenvalue weighted by Crippen LogP contribution is -2.58. The standard InChI is InChI=1S/C57H83N7O11/c1-5-36(2)52(65)61-50(38-22-28-71-29-23-38)56(69)63-26-10-18-46(63)54(67)59-44-16-6-14-42-40(44)12-8-20-48(42)74-34-32-73-33-35-75-49-21-9-13-41-43(49)15-7-17-45(41)60-55(68)47-19-11-27-64(47)57(70)51(39-24-30-72-31-25-39)62-53(66)37(3)58-4/h8-9,12-13,20-21,36-39,44-47,50-51,58H,5-7,10-11,14-19,22-35H2,1-4H3,(H,59,67)(H,60,68)(H,61,65)(H,62,66)/t36-,37+,44-,45-,46+,47+,50+,51+/m1/s1. The van der Waals surface area contributed by atoms with Gasteiger partial charge in [-0.05, 0) is 157 Å². The number of carbonyl (C=O) groups excluding carboxylic acids is 6. The third-order valence-electron chi connectivity index (χ3n) is 16.7. The van der Waals surface area contributed by atoms with Crippen LogP contribution in [0.5, 0.6) is 11.5 Å². The van der Waals surface area contributed by atoms with Crippen molar-refractivity contribution >= 4 is 35.4 Å². The van der Waals surface area contributed by atoms with Gasteiger partial charge in [-0.2, -0.15) is 0 Å². The molecule has 6 amide bonds. The largest absolute Gasteiger partial charge is 0.491 e. The predicted octanol–water partition coefficient (Wildman–Crippen LogP) is 4.61. The second kappa shape index (κ2) is 27.1. The van der Waals surface area contributed by atoms with Gasteiger partial charge in [0.05, 0.1) is 31.3 Å². The number of carbonyl (C=O) groups is 6. The first kappa shape index (κ1) is 55.9. The molecule has 0 aromatic heterocycles. The molecule has 8 rings (SSSR count). The fourth-order valence-electron chi connectivity index (χ4n) is 12.0. The number of fused-ring (bicyclic) bond motifs is 2. The molecule has 4 saturated heterocycles. The maximum Gasteiger partial charge on any atom is 0.246 e. The maximum absolute atomic E-state index is 14.2. The summed E-state index contributed by atoms with van der Waals surface area (Å²) >= 11 is 0. The molecule has 6 aliphatic rings. The summed E-state index contributed by atoms with van der Waals surface area (Å²) in [6.45, 7) is 10.1. The summed E-state index contributed by atoms with van der Waals surface area (Å²) in [6, 6.07) is 8.39. The van der Waals surface area contributed by atoms with Gasteiger partial charge in [-0.3, -0.25) is 28.8 Å². The third-order valence-corrected chi connectivity index (χ3v) is 16.7. The van der Waals surface area contributed by atoms with Gasteiger partial charge in [0, 0.05) is 45.4 Å². The Morgan fingerprint density at radius 3 is 1.49 bits per heavy atom. The number of amides is 6. The molecule has 2 aromatic rings. The molecule has 8 atom stereocenters. The van der Waals surface area contributed by atoms with Gasteiger partial charge in [-0.25, -0.2) is 0 Å². The molecule has 412 valence electrons. The van der Waals surface area contributed by atoms with Gasteiger partial charge in [0.15, 0.2) is 0 Å². The summed E-state index contributed by atoms with van der Waals surface area (Å²) in [4.78, 5) is 86.1. The maximum atomic E-state index is 14.2. The summed E-state index contributed by atoms with van der Waals surface area (Å²) in [7, 11) is 1.71. The van der Waals surface area contributed by atoms with Crippen LogP contribution < -0.4 is 36.1 Å². The molecule has 2 aromatic carbocycles. The van der Waals surface area contributed by atoms with Gasteiger partial charge in [0.25, 0.3) is 0 Å². The van der Waals surface area contributed by atoms with E-state index in [9.17, 15) is 28.8 Å². The first-order valence-corrected chi connectivity index (χ1v) is 28.2. The molecular weight excluding hydrogens is 959 g/mol. The second-order valence-corrected chi connectivity index (χ2v) is 21.4. The number of hydrogen-bond donors (Lipinski definition) is 5. The molecule has 0 saturated carbocycles. The Morgan fingerprint density at radius 1 is 0.600 bits per heavy atom. The molecule has 4 fully saturated rings. The molecule has 18 nitrogen and oxygen atoms in total. The first-order chi connectivity index (χ1) is 36.5. The minimum absolute atomic E-state index is 0.0426. The fourth-order valence-corrected chi connectivity index (χ4v) is 12.0. The van der Waals surface area contributed by atoms with Gasteiger partial charge >= 0.3 is 0 Å². The molecule has 0 radical (unpaired) electrons. The number of benzene rings is 2. The zero-order valence-electron chi connectivity index (χ0n) is 44.8. The summed E-state index contributed by atoms with van der Waals surface area (Å²) in [5.41, 5.74) is 4.18. The number of ether oxygens (including phenoxy) is 5. The Morgan fingerprint density at radius 2 is 1.05 bits per heavy atom. The Balaban J connectivity index is 0.801. The van der Waals surface area contributed by atoms with Crippen LogP contribution in [-0.2, 0) is 55.8 Å². The van der Waals surface area contributed by atoms with E-state index in [1.165, 1.54) is 0 Å². The van der Waals surface area contributed by atoms with E-state index in [4.69, 9.17) is 23.7 Å². The number of nitrogens with zero attached hydrogens (tertiary/aromatic N) is 2. The number of rotatable bonds is 22. The van der Waals surface area contributed by atoms with Crippen molar-refractivity contribution in [2.75, 3.05) is 73.0 Å². The highest BCUT2D eigenvalue weighted by Gasteiger charge is 2.44. The van der Waals surface area contributed by atoms with Gasteiger partial charge in [-0.1, -0.05) is 38.1 Å². The van der Waals surface area contributed by atoms with Crippen molar-refractivity contribution in [3.05, 3.63) is 58.7 Å².